The number of methoxy groups -OCH3 is 2. The highest BCUT2D eigenvalue weighted by Gasteiger charge is 2.65. The van der Waals surface area contributed by atoms with Crippen LogP contribution in [0.15, 0.2) is 35.9 Å². The maximum atomic E-state index is 11.8. The second-order valence-corrected chi connectivity index (χ2v) is 7.06. The highest BCUT2D eigenvalue weighted by Crippen LogP contribution is 2.63. The predicted molar refractivity (Wildman–Crippen MR) is 86.9 cm³/mol. The normalized spacial score (nSPS) is 40.5. The Kier molecular flexibility index (Phi) is 3.42. The second kappa shape index (κ2) is 4.84. The standard InChI is InChI=1S/C19H26O3/c1-13-12-18(22-5)11-10-17(13,3)14(2)19(18,20)15-6-8-16(21-4)9-7-15/h6-9,12,14,20H,10-11H2,1-5H3/t14-,17+,18+,19+/m0/s1. The van der Waals surface area contributed by atoms with Gasteiger partial charge in [-0.25, -0.2) is 0 Å². The minimum atomic E-state index is -1.03. The van der Waals surface area contributed by atoms with Gasteiger partial charge in [0.15, 0.2) is 0 Å². The van der Waals surface area contributed by atoms with Crippen molar-refractivity contribution in [1.29, 1.82) is 0 Å². The second-order valence-electron chi connectivity index (χ2n) is 7.06. The van der Waals surface area contributed by atoms with Gasteiger partial charge in [0.25, 0.3) is 0 Å². The van der Waals surface area contributed by atoms with Crippen LogP contribution in [0.5, 0.6) is 5.75 Å². The van der Waals surface area contributed by atoms with Gasteiger partial charge in [-0.05, 0) is 42.9 Å². The van der Waals surface area contributed by atoms with Gasteiger partial charge in [-0.15, -0.1) is 0 Å². The predicted octanol–water partition coefficient (Wildman–Crippen LogP) is 3.66. The fraction of sp³-hybridized carbons (Fsp3) is 0.579. The van der Waals surface area contributed by atoms with Gasteiger partial charge in [0.2, 0.25) is 0 Å². The Bertz CT molecular complexity index is 606. The van der Waals surface area contributed by atoms with E-state index in [9.17, 15) is 5.11 Å². The molecule has 0 aliphatic heterocycles. The van der Waals surface area contributed by atoms with E-state index in [4.69, 9.17) is 9.47 Å². The van der Waals surface area contributed by atoms with Crippen LogP contribution >= 0.6 is 0 Å². The third kappa shape index (κ3) is 1.70. The molecule has 120 valence electrons. The van der Waals surface area contributed by atoms with Gasteiger partial charge in [-0.2, -0.15) is 0 Å². The van der Waals surface area contributed by atoms with Gasteiger partial charge in [0.05, 0.1) is 7.11 Å². The van der Waals surface area contributed by atoms with Gasteiger partial charge in [-0.1, -0.05) is 37.6 Å². The summed E-state index contributed by atoms with van der Waals surface area (Å²) >= 11 is 0. The van der Waals surface area contributed by atoms with E-state index in [1.54, 1.807) is 14.2 Å². The summed E-state index contributed by atoms with van der Waals surface area (Å²) in [5, 5.41) is 11.8. The third-order valence-electron chi connectivity index (χ3n) is 6.49. The van der Waals surface area contributed by atoms with E-state index >= 15 is 0 Å². The molecule has 22 heavy (non-hydrogen) atoms. The van der Waals surface area contributed by atoms with Crippen molar-refractivity contribution in [3.8, 4) is 5.75 Å². The molecule has 3 heteroatoms. The molecule has 0 unspecified atom stereocenters. The minimum Gasteiger partial charge on any atom is -0.497 e. The molecular weight excluding hydrogens is 276 g/mol. The highest BCUT2D eigenvalue weighted by molar-refractivity contribution is 5.42. The number of hydrogen-bond donors (Lipinski definition) is 1. The fourth-order valence-electron chi connectivity index (χ4n) is 4.57. The number of allylic oxidation sites excluding steroid dienone is 1. The summed E-state index contributed by atoms with van der Waals surface area (Å²) in [4.78, 5) is 0. The molecule has 3 aliphatic carbocycles. The van der Waals surface area contributed by atoms with E-state index in [0.29, 0.717) is 0 Å². The van der Waals surface area contributed by atoms with E-state index in [0.717, 1.165) is 24.2 Å². The lowest BCUT2D eigenvalue weighted by Crippen LogP contribution is -2.66. The number of aliphatic hydroxyl groups is 1. The van der Waals surface area contributed by atoms with Crippen LogP contribution in [0.1, 0.15) is 39.2 Å². The number of hydrogen-bond acceptors (Lipinski definition) is 3. The largest absolute Gasteiger partial charge is 0.497 e. The quantitative estimate of drug-likeness (QED) is 0.866. The Morgan fingerprint density at radius 3 is 2.27 bits per heavy atom. The van der Waals surface area contributed by atoms with Crippen LogP contribution in [0.2, 0.25) is 0 Å². The molecule has 1 saturated carbocycles. The van der Waals surface area contributed by atoms with Crippen molar-refractivity contribution in [1.82, 2.24) is 0 Å². The number of fused-ring (bicyclic) bond motifs is 2. The summed E-state index contributed by atoms with van der Waals surface area (Å²) < 4.78 is 11.2. The lowest BCUT2D eigenvalue weighted by molar-refractivity contribution is -0.233. The molecule has 0 aromatic heterocycles. The monoisotopic (exact) mass is 302 g/mol. The Labute approximate surface area is 132 Å². The van der Waals surface area contributed by atoms with Crippen LogP contribution in [-0.4, -0.2) is 24.9 Å². The van der Waals surface area contributed by atoms with Gasteiger partial charge < -0.3 is 14.6 Å². The molecule has 1 fully saturated rings. The molecule has 1 N–H and O–H groups in total. The molecule has 4 atom stereocenters. The van der Waals surface area contributed by atoms with Crippen molar-refractivity contribution in [2.75, 3.05) is 14.2 Å². The van der Waals surface area contributed by atoms with Crippen molar-refractivity contribution in [3.63, 3.8) is 0 Å². The molecule has 3 nitrogen and oxygen atoms in total. The Morgan fingerprint density at radius 2 is 1.77 bits per heavy atom. The summed E-state index contributed by atoms with van der Waals surface area (Å²) in [6.45, 7) is 6.57. The molecule has 1 aromatic carbocycles. The van der Waals surface area contributed by atoms with Crippen molar-refractivity contribution >= 4 is 0 Å². The lowest BCUT2D eigenvalue weighted by Gasteiger charge is -2.62. The first-order chi connectivity index (χ1) is 10.3. The zero-order valence-corrected chi connectivity index (χ0v) is 14.1. The van der Waals surface area contributed by atoms with Crippen LogP contribution in [0.4, 0.5) is 0 Å². The molecule has 1 aromatic rings. The van der Waals surface area contributed by atoms with Gasteiger partial charge in [0, 0.05) is 13.0 Å². The van der Waals surface area contributed by atoms with Crippen LogP contribution in [0, 0.1) is 11.3 Å². The van der Waals surface area contributed by atoms with Crippen molar-refractivity contribution in [3.05, 3.63) is 41.5 Å². The molecule has 0 radical (unpaired) electrons. The average Bonchev–Trinajstić information content (AvgIpc) is 2.55. The molecule has 0 heterocycles. The highest BCUT2D eigenvalue weighted by atomic mass is 16.5. The van der Waals surface area contributed by atoms with E-state index in [-0.39, 0.29) is 11.3 Å². The smallest absolute Gasteiger partial charge is 0.125 e. The number of benzene rings is 1. The molecule has 3 aliphatic rings. The summed E-state index contributed by atoms with van der Waals surface area (Å²) in [7, 11) is 3.36. The van der Waals surface area contributed by atoms with E-state index in [1.165, 1.54) is 5.57 Å². The van der Waals surface area contributed by atoms with Crippen molar-refractivity contribution in [2.24, 2.45) is 11.3 Å². The van der Waals surface area contributed by atoms with E-state index < -0.39 is 11.2 Å². The molecule has 2 bridgehead atoms. The van der Waals surface area contributed by atoms with Crippen molar-refractivity contribution < 1.29 is 14.6 Å². The molecule has 0 saturated heterocycles. The van der Waals surface area contributed by atoms with Crippen LogP contribution in [0.25, 0.3) is 0 Å². The Morgan fingerprint density at radius 1 is 1.14 bits per heavy atom. The zero-order valence-electron chi connectivity index (χ0n) is 14.1. The van der Waals surface area contributed by atoms with Crippen LogP contribution < -0.4 is 4.74 Å². The van der Waals surface area contributed by atoms with Gasteiger partial charge in [-0.3, -0.25) is 0 Å². The molecule has 0 spiro atoms. The van der Waals surface area contributed by atoms with E-state index in [1.807, 2.05) is 24.3 Å². The average molecular weight is 302 g/mol. The summed E-state index contributed by atoms with van der Waals surface area (Å²) in [6.07, 6.45) is 4.04. The lowest BCUT2D eigenvalue weighted by atomic mass is 9.47. The van der Waals surface area contributed by atoms with Gasteiger partial charge in [0.1, 0.15) is 17.0 Å². The Balaban J connectivity index is 2.18. The van der Waals surface area contributed by atoms with Crippen molar-refractivity contribution in [2.45, 2.75) is 44.8 Å². The molecule has 0 amide bonds. The third-order valence-corrected chi connectivity index (χ3v) is 6.49. The van der Waals surface area contributed by atoms with E-state index in [2.05, 4.69) is 26.8 Å². The topological polar surface area (TPSA) is 38.7 Å². The summed E-state index contributed by atoms with van der Waals surface area (Å²) in [5.74, 6) is 0.873. The zero-order chi connectivity index (χ0) is 16.2. The number of ether oxygens (including phenoxy) is 2. The first kappa shape index (κ1) is 15.6. The Hall–Kier alpha value is -1.32. The minimum absolute atomic E-state index is 0.00889. The first-order valence-corrected chi connectivity index (χ1v) is 7.96. The molecule has 4 rings (SSSR count). The fourth-order valence-corrected chi connectivity index (χ4v) is 4.57. The maximum absolute atomic E-state index is 11.8. The van der Waals surface area contributed by atoms with Gasteiger partial charge >= 0.3 is 0 Å². The summed E-state index contributed by atoms with van der Waals surface area (Å²) in [5.41, 5.74) is 0.557. The SMILES string of the molecule is COc1ccc([C@]2(O)[C@@H](C)[C@]3(C)CC[C@@]2(OC)C=C3C)cc1. The molecular formula is C19H26O3. The first-order valence-electron chi connectivity index (χ1n) is 7.96. The summed E-state index contributed by atoms with van der Waals surface area (Å²) in [6, 6.07) is 7.74. The van der Waals surface area contributed by atoms with Crippen LogP contribution in [-0.2, 0) is 10.3 Å². The van der Waals surface area contributed by atoms with Crippen LogP contribution in [0.3, 0.4) is 0 Å². The number of rotatable bonds is 3. The maximum Gasteiger partial charge on any atom is 0.125 e.